The molecule has 21 heavy (non-hydrogen) atoms. The number of carbonyl (C=O) groups excluding carboxylic acids is 1. The van der Waals surface area contributed by atoms with Crippen LogP contribution in [0, 0.1) is 23.2 Å². The van der Waals surface area contributed by atoms with Crippen molar-refractivity contribution in [1.82, 2.24) is 0 Å². The average Bonchev–Trinajstić information content (AvgIpc) is 2.95. The summed E-state index contributed by atoms with van der Waals surface area (Å²) < 4.78 is 5.87. The molecule has 0 bridgehead atoms. The van der Waals surface area contributed by atoms with Gasteiger partial charge < -0.3 is 9.84 Å². The van der Waals surface area contributed by atoms with Gasteiger partial charge in [0.1, 0.15) is 5.60 Å². The standard InChI is InChI=1S/C18H28O3/c1-17(11-15(19)16(20)21-17)18-9-5-4-7-13(18)10-12-6-2-3-8-14(12)18/h12-15,19H,2-11H2,1H3. The van der Waals surface area contributed by atoms with Gasteiger partial charge in [-0.05, 0) is 50.4 Å². The van der Waals surface area contributed by atoms with Gasteiger partial charge in [0.15, 0.2) is 6.10 Å². The molecule has 3 saturated carbocycles. The van der Waals surface area contributed by atoms with E-state index in [1.807, 2.05) is 0 Å². The minimum atomic E-state index is -0.894. The number of rotatable bonds is 1. The zero-order chi connectivity index (χ0) is 14.7. The number of aliphatic hydroxyl groups is 1. The fourth-order valence-corrected chi connectivity index (χ4v) is 6.78. The molecular formula is C18H28O3. The van der Waals surface area contributed by atoms with Crippen LogP contribution in [-0.2, 0) is 9.53 Å². The van der Waals surface area contributed by atoms with Crippen molar-refractivity contribution in [2.45, 2.75) is 82.8 Å². The lowest BCUT2D eigenvalue weighted by Crippen LogP contribution is -2.54. The number of aliphatic hydroxyl groups excluding tert-OH is 1. The topological polar surface area (TPSA) is 46.5 Å². The fraction of sp³-hybridized carbons (Fsp3) is 0.944. The van der Waals surface area contributed by atoms with Crippen molar-refractivity contribution in [3.63, 3.8) is 0 Å². The van der Waals surface area contributed by atoms with Crippen LogP contribution >= 0.6 is 0 Å². The maximum Gasteiger partial charge on any atom is 0.335 e. The number of fused-ring (bicyclic) bond motifs is 3. The highest BCUT2D eigenvalue weighted by molar-refractivity contribution is 5.77. The molecule has 1 heterocycles. The second-order valence-electron chi connectivity index (χ2n) is 8.24. The molecule has 3 nitrogen and oxygen atoms in total. The summed E-state index contributed by atoms with van der Waals surface area (Å²) in [5.74, 6) is 1.90. The Morgan fingerprint density at radius 1 is 1.14 bits per heavy atom. The molecule has 1 N–H and O–H groups in total. The van der Waals surface area contributed by atoms with E-state index < -0.39 is 11.7 Å². The molecule has 0 spiro atoms. The molecule has 6 unspecified atom stereocenters. The number of esters is 1. The summed E-state index contributed by atoms with van der Waals surface area (Å²) in [5.41, 5.74) is -0.269. The van der Waals surface area contributed by atoms with E-state index in [-0.39, 0.29) is 11.4 Å². The van der Waals surface area contributed by atoms with E-state index in [1.165, 1.54) is 57.8 Å². The summed E-state index contributed by atoms with van der Waals surface area (Å²) in [6, 6.07) is 0. The Bertz CT molecular complexity index is 448. The average molecular weight is 292 g/mol. The first-order valence-corrected chi connectivity index (χ1v) is 8.98. The largest absolute Gasteiger partial charge is 0.457 e. The SMILES string of the molecule is CC1(C23CCCCC2CC2CCCCC23)CC(O)C(=O)O1. The molecule has 6 atom stereocenters. The molecule has 0 radical (unpaired) electrons. The van der Waals surface area contributed by atoms with E-state index in [4.69, 9.17) is 4.74 Å². The van der Waals surface area contributed by atoms with E-state index in [1.54, 1.807) is 0 Å². The Balaban J connectivity index is 1.75. The van der Waals surface area contributed by atoms with Gasteiger partial charge in [-0.2, -0.15) is 0 Å². The first-order valence-electron chi connectivity index (χ1n) is 8.98. The minimum absolute atomic E-state index is 0.156. The lowest BCUT2D eigenvalue weighted by Gasteiger charge is -2.54. The van der Waals surface area contributed by atoms with Crippen molar-refractivity contribution in [3.05, 3.63) is 0 Å². The summed E-state index contributed by atoms with van der Waals surface area (Å²) in [6.45, 7) is 2.14. The molecule has 4 rings (SSSR count). The van der Waals surface area contributed by atoms with E-state index >= 15 is 0 Å². The summed E-state index contributed by atoms with van der Waals surface area (Å²) in [7, 11) is 0. The Hall–Kier alpha value is -0.570. The monoisotopic (exact) mass is 292 g/mol. The van der Waals surface area contributed by atoms with Crippen LogP contribution in [0.15, 0.2) is 0 Å². The van der Waals surface area contributed by atoms with Gasteiger partial charge in [-0.25, -0.2) is 4.79 Å². The Morgan fingerprint density at radius 2 is 1.90 bits per heavy atom. The summed E-state index contributed by atoms with van der Waals surface area (Å²) in [5, 5.41) is 10.0. The Kier molecular flexibility index (Phi) is 3.15. The number of carbonyl (C=O) groups is 1. The van der Waals surface area contributed by atoms with E-state index in [0.29, 0.717) is 12.3 Å². The van der Waals surface area contributed by atoms with Crippen molar-refractivity contribution in [1.29, 1.82) is 0 Å². The summed E-state index contributed by atoms with van der Waals surface area (Å²) in [4.78, 5) is 11.9. The molecular weight excluding hydrogens is 264 g/mol. The normalized spacial score (nSPS) is 53.1. The third-order valence-corrected chi connectivity index (χ3v) is 7.44. The fourth-order valence-electron chi connectivity index (χ4n) is 6.78. The molecule has 0 amide bonds. The predicted octanol–water partition coefficient (Wildman–Crippen LogP) is 3.44. The lowest BCUT2D eigenvalue weighted by molar-refractivity contribution is -0.176. The number of ether oxygens (including phenoxy) is 1. The van der Waals surface area contributed by atoms with Crippen molar-refractivity contribution in [3.8, 4) is 0 Å². The number of hydrogen-bond donors (Lipinski definition) is 1. The van der Waals surface area contributed by atoms with Gasteiger partial charge >= 0.3 is 5.97 Å². The maximum absolute atomic E-state index is 11.9. The first kappa shape index (κ1) is 14.0. The molecule has 118 valence electrons. The van der Waals surface area contributed by atoms with Crippen LogP contribution in [0.2, 0.25) is 0 Å². The molecule has 1 saturated heterocycles. The van der Waals surface area contributed by atoms with Crippen LogP contribution in [0.5, 0.6) is 0 Å². The highest BCUT2D eigenvalue weighted by atomic mass is 16.6. The Labute approximate surface area is 127 Å². The van der Waals surface area contributed by atoms with E-state index in [0.717, 1.165) is 11.8 Å². The maximum atomic E-state index is 11.9. The van der Waals surface area contributed by atoms with Gasteiger partial charge in [0.05, 0.1) is 0 Å². The first-order chi connectivity index (χ1) is 10.1. The Morgan fingerprint density at radius 3 is 2.67 bits per heavy atom. The zero-order valence-corrected chi connectivity index (χ0v) is 13.1. The minimum Gasteiger partial charge on any atom is -0.457 e. The molecule has 3 heteroatoms. The molecule has 1 aliphatic heterocycles. The van der Waals surface area contributed by atoms with Crippen LogP contribution in [0.4, 0.5) is 0 Å². The third kappa shape index (κ3) is 1.79. The molecule has 4 fully saturated rings. The third-order valence-electron chi connectivity index (χ3n) is 7.44. The van der Waals surface area contributed by atoms with E-state index in [2.05, 4.69) is 6.92 Å². The van der Waals surface area contributed by atoms with Gasteiger partial charge in [0, 0.05) is 11.8 Å². The van der Waals surface area contributed by atoms with Gasteiger partial charge in [-0.15, -0.1) is 0 Å². The highest BCUT2D eigenvalue weighted by Gasteiger charge is 2.67. The quantitative estimate of drug-likeness (QED) is 0.753. The van der Waals surface area contributed by atoms with Crippen LogP contribution < -0.4 is 0 Å². The second kappa shape index (κ2) is 4.71. The number of hydrogen-bond acceptors (Lipinski definition) is 3. The van der Waals surface area contributed by atoms with Gasteiger partial charge in [0.25, 0.3) is 0 Å². The summed E-state index contributed by atoms with van der Waals surface area (Å²) in [6.07, 6.45) is 11.5. The molecule has 0 aromatic carbocycles. The van der Waals surface area contributed by atoms with Crippen LogP contribution in [0.3, 0.4) is 0 Å². The second-order valence-corrected chi connectivity index (χ2v) is 8.24. The molecule has 4 aliphatic rings. The van der Waals surface area contributed by atoms with Crippen LogP contribution in [0.25, 0.3) is 0 Å². The van der Waals surface area contributed by atoms with Crippen molar-refractivity contribution in [2.75, 3.05) is 0 Å². The molecule has 0 aromatic rings. The highest BCUT2D eigenvalue weighted by Crippen LogP contribution is 2.68. The van der Waals surface area contributed by atoms with Crippen molar-refractivity contribution in [2.24, 2.45) is 23.2 Å². The van der Waals surface area contributed by atoms with E-state index in [9.17, 15) is 9.90 Å². The van der Waals surface area contributed by atoms with Gasteiger partial charge in [0.2, 0.25) is 0 Å². The molecule has 0 aromatic heterocycles. The lowest BCUT2D eigenvalue weighted by atomic mass is 9.53. The smallest absolute Gasteiger partial charge is 0.335 e. The number of cyclic esters (lactones) is 1. The zero-order valence-electron chi connectivity index (χ0n) is 13.1. The van der Waals surface area contributed by atoms with Crippen LogP contribution in [-0.4, -0.2) is 22.8 Å². The van der Waals surface area contributed by atoms with Crippen LogP contribution in [0.1, 0.15) is 71.1 Å². The predicted molar refractivity (Wildman–Crippen MR) is 79.6 cm³/mol. The van der Waals surface area contributed by atoms with Gasteiger partial charge in [-0.3, -0.25) is 0 Å². The van der Waals surface area contributed by atoms with Gasteiger partial charge in [-0.1, -0.05) is 32.1 Å². The van der Waals surface area contributed by atoms with Crippen molar-refractivity contribution >= 4 is 5.97 Å². The molecule has 3 aliphatic carbocycles. The van der Waals surface area contributed by atoms with Crippen molar-refractivity contribution < 1.29 is 14.6 Å². The summed E-state index contributed by atoms with van der Waals surface area (Å²) >= 11 is 0.